The van der Waals surface area contributed by atoms with Gasteiger partial charge in [0, 0.05) is 45.0 Å². The third kappa shape index (κ3) is 6.69. The predicted molar refractivity (Wildman–Crippen MR) is 115 cm³/mol. The van der Waals surface area contributed by atoms with E-state index in [9.17, 15) is 9.59 Å². The summed E-state index contributed by atoms with van der Waals surface area (Å²) in [5.74, 6) is 0.160. The summed E-state index contributed by atoms with van der Waals surface area (Å²) in [6, 6.07) is 19.6. The molecule has 2 amide bonds. The molecule has 154 valence electrons. The SMILES string of the molecule is CCN(Cc1ccccc1)C(=O)CN1CCN(CC(=O)Nc2ccccc2)CC1. The first-order chi connectivity index (χ1) is 14.1. The highest BCUT2D eigenvalue weighted by Gasteiger charge is 2.22. The van der Waals surface area contributed by atoms with Crippen LogP contribution in [0.1, 0.15) is 12.5 Å². The molecule has 2 aromatic rings. The van der Waals surface area contributed by atoms with Crippen molar-refractivity contribution in [3.05, 3.63) is 66.2 Å². The fourth-order valence-corrected chi connectivity index (χ4v) is 3.50. The van der Waals surface area contributed by atoms with E-state index in [2.05, 4.69) is 27.2 Å². The third-order valence-corrected chi connectivity index (χ3v) is 5.20. The van der Waals surface area contributed by atoms with E-state index in [4.69, 9.17) is 0 Å². The average molecular weight is 395 g/mol. The van der Waals surface area contributed by atoms with E-state index in [0.29, 0.717) is 26.2 Å². The van der Waals surface area contributed by atoms with Crippen LogP contribution in [0.5, 0.6) is 0 Å². The zero-order valence-electron chi connectivity index (χ0n) is 17.1. The van der Waals surface area contributed by atoms with Gasteiger partial charge in [-0.3, -0.25) is 19.4 Å². The van der Waals surface area contributed by atoms with Gasteiger partial charge < -0.3 is 10.2 Å². The molecule has 1 aliphatic heterocycles. The molecule has 0 spiro atoms. The number of piperazine rings is 1. The Bertz CT molecular complexity index is 774. The quantitative estimate of drug-likeness (QED) is 0.746. The minimum atomic E-state index is 0.000690. The van der Waals surface area contributed by atoms with E-state index in [-0.39, 0.29) is 11.8 Å². The van der Waals surface area contributed by atoms with Crippen LogP contribution >= 0.6 is 0 Å². The highest BCUT2D eigenvalue weighted by Crippen LogP contribution is 2.08. The van der Waals surface area contributed by atoms with Gasteiger partial charge in [-0.25, -0.2) is 0 Å². The Morgan fingerprint density at radius 1 is 0.862 bits per heavy atom. The van der Waals surface area contributed by atoms with Gasteiger partial charge in [0.1, 0.15) is 0 Å². The van der Waals surface area contributed by atoms with Crippen molar-refractivity contribution in [2.45, 2.75) is 13.5 Å². The standard InChI is InChI=1S/C23H30N4O2/c1-2-27(17-20-9-5-3-6-10-20)23(29)19-26-15-13-25(14-16-26)18-22(28)24-21-11-7-4-8-12-21/h3-12H,2,13-19H2,1H3,(H,24,28). The van der Waals surface area contributed by atoms with Crippen molar-refractivity contribution < 1.29 is 9.59 Å². The molecule has 1 heterocycles. The van der Waals surface area contributed by atoms with Crippen molar-refractivity contribution in [3.8, 4) is 0 Å². The molecule has 1 N–H and O–H groups in total. The van der Waals surface area contributed by atoms with Crippen LogP contribution in [0.4, 0.5) is 5.69 Å². The van der Waals surface area contributed by atoms with Crippen LogP contribution in [0.25, 0.3) is 0 Å². The molecular weight excluding hydrogens is 364 g/mol. The molecule has 0 saturated carbocycles. The summed E-state index contributed by atoms with van der Waals surface area (Å²) >= 11 is 0. The highest BCUT2D eigenvalue weighted by atomic mass is 16.2. The summed E-state index contributed by atoms with van der Waals surface area (Å²) in [6.07, 6.45) is 0. The lowest BCUT2D eigenvalue weighted by atomic mass is 10.2. The Morgan fingerprint density at radius 3 is 2.00 bits per heavy atom. The number of nitrogens with one attached hydrogen (secondary N) is 1. The van der Waals surface area contributed by atoms with Crippen LogP contribution in [-0.4, -0.2) is 72.3 Å². The van der Waals surface area contributed by atoms with Crippen molar-refractivity contribution in [2.75, 3.05) is 51.1 Å². The number of hydrogen-bond acceptors (Lipinski definition) is 4. The lowest BCUT2D eigenvalue weighted by molar-refractivity contribution is -0.133. The van der Waals surface area contributed by atoms with E-state index in [1.54, 1.807) is 0 Å². The maximum absolute atomic E-state index is 12.7. The normalized spacial score (nSPS) is 15.1. The molecule has 29 heavy (non-hydrogen) atoms. The Labute approximate surface area is 173 Å². The molecule has 1 aliphatic rings. The molecule has 0 atom stereocenters. The second-order valence-electron chi connectivity index (χ2n) is 7.36. The summed E-state index contributed by atoms with van der Waals surface area (Å²) < 4.78 is 0. The number of anilines is 1. The van der Waals surface area contributed by atoms with E-state index < -0.39 is 0 Å². The second kappa shape index (κ2) is 10.7. The topological polar surface area (TPSA) is 55.9 Å². The Morgan fingerprint density at radius 2 is 1.41 bits per heavy atom. The predicted octanol–water partition coefficient (Wildman–Crippen LogP) is 2.29. The van der Waals surface area contributed by atoms with Gasteiger partial charge >= 0.3 is 0 Å². The molecule has 1 fully saturated rings. The van der Waals surface area contributed by atoms with E-state index in [0.717, 1.165) is 37.4 Å². The van der Waals surface area contributed by atoms with Crippen LogP contribution in [0.2, 0.25) is 0 Å². The van der Waals surface area contributed by atoms with Crippen LogP contribution < -0.4 is 5.32 Å². The zero-order valence-corrected chi connectivity index (χ0v) is 17.1. The first kappa shape index (κ1) is 21.0. The second-order valence-corrected chi connectivity index (χ2v) is 7.36. The number of rotatable bonds is 8. The minimum absolute atomic E-state index is 0.000690. The number of para-hydroxylation sites is 1. The largest absolute Gasteiger partial charge is 0.338 e. The first-order valence-electron chi connectivity index (χ1n) is 10.3. The summed E-state index contributed by atoms with van der Waals surface area (Å²) in [5, 5.41) is 2.92. The number of benzene rings is 2. The smallest absolute Gasteiger partial charge is 0.238 e. The lowest BCUT2D eigenvalue weighted by Crippen LogP contribution is -2.51. The summed E-state index contributed by atoms with van der Waals surface area (Å²) in [7, 11) is 0. The molecule has 0 aliphatic carbocycles. The monoisotopic (exact) mass is 394 g/mol. The summed E-state index contributed by atoms with van der Waals surface area (Å²) in [4.78, 5) is 31.2. The summed E-state index contributed by atoms with van der Waals surface area (Å²) in [6.45, 7) is 7.37. The number of hydrogen-bond donors (Lipinski definition) is 1. The highest BCUT2D eigenvalue weighted by molar-refractivity contribution is 5.92. The lowest BCUT2D eigenvalue weighted by Gasteiger charge is -2.35. The molecule has 0 bridgehead atoms. The van der Waals surface area contributed by atoms with Gasteiger partial charge in [0.05, 0.1) is 13.1 Å². The molecule has 2 aromatic carbocycles. The van der Waals surface area contributed by atoms with Crippen LogP contribution in [-0.2, 0) is 16.1 Å². The maximum atomic E-state index is 12.7. The Kier molecular flexibility index (Phi) is 7.78. The van der Waals surface area contributed by atoms with Gasteiger partial charge in [-0.15, -0.1) is 0 Å². The van der Waals surface area contributed by atoms with Gasteiger partial charge in [-0.2, -0.15) is 0 Å². The van der Waals surface area contributed by atoms with Gasteiger partial charge in [-0.1, -0.05) is 48.5 Å². The number of carbonyl (C=O) groups is 2. The van der Waals surface area contributed by atoms with E-state index in [1.165, 1.54) is 0 Å². The molecule has 6 heteroatoms. The number of nitrogens with zero attached hydrogens (tertiary/aromatic N) is 3. The number of amides is 2. The minimum Gasteiger partial charge on any atom is -0.338 e. The molecule has 0 unspecified atom stereocenters. The number of likely N-dealkylation sites (N-methyl/N-ethyl adjacent to an activating group) is 1. The van der Waals surface area contributed by atoms with Crippen LogP contribution in [0.3, 0.4) is 0 Å². The molecule has 0 radical (unpaired) electrons. The molecule has 6 nitrogen and oxygen atoms in total. The molecule has 1 saturated heterocycles. The van der Waals surface area contributed by atoms with Gasteiger partial charge in [0.25, 0.3) is 0 Å². The summed E-state index contributed by atoms with van der Waals surface area (Å²) in [5.41, 5.74) is 1.97. The number of carbonyl (C=O) groups excluding carboxylic acids is 2. The van der Waals surface area contributed by atoms with Crippen molar-refractivity contribution in [1.82, 2.24) is 14.7 Å². The van der Waals surface area contributed by atoms with Gasteiger partial charge in [-0.05, 0) is 24.6 Å². The molecular formula is C23H30N4O2. The third-order valence-electron chi connectivity index (χ3n) is 5.20. The van der Waals surface area contributed by atoms with Crippen molar-refractivity contribution in [3.63, 3.8) is 0 Å². The van der Waals surface area contributed by atoms with Gasteiger partial charge in [0.15, 0.2) is 0 Å². The van der Waals surface area contributed by atoms with Crippen molar-refractivity contribution in [2.24, 2.45) is 0 Å². The fourth-order valence-electron chi connectivity index (χ4n) is 3.50. The maximum Gasteiger partial charge on any atom is 0.238 e. The molecule has 0 aromatic heterocycles. The van der Waals surface area contributed by atoms with Crippen LogP contribution in [0, 0.1) is 0 Å². The average Bonchev–Trinajstić information content (AvgIpc) is 2.74. The van der Waals surface area contributed by atoms with Crippen molar-refractivity contribution in [1.29, 1.82) is 0 Å². The van der Waals surface area contributed by atoms with Crippen molar-refractivity contribution >= 4 is 17.5 Å². The van der Waals surface area contributed by atoms with E-state index in [1.807, 2.05) is 60.4 Å². The fraction of sp³-hybridized carbons (Fsp3) is 0.391. The van der Waals surface area contributed by atoms with Crippen LogP contribution in [0.15, 0.2) is 60.7 Å². The Hall–Kier alpha value is -2.70. The van der Waals surface area contributed by atoms with E-state index >= 15 is 0 Å². The zero-order chi connectivity index (χ0) is 20.5. The molecule has 3 rings (SSSR count). The first-order valence-corrected chi connectivity index (χ1v) is 10.3. The van der Waals surface area contributed by atoms with Gasteiger partial charge in [0.2, 0.25) is 11.8 Å². The Balaban J connectivity index is 1.40.